The van der Waals surface area contributed by atoms with Crippen molar-refractivity contribution in [1.82, 2.24) is 10.2 Å². The second-order valence-corrected chi connectivity index (χ2v) is 6.95. The predicted molar refractivity (Wildman–Crippen MR) is 81.4 cm³/mol. The number of ether oxygens (including phenoxy) is 1. The summed E-state index contributed by atoms with van der Waals surface area (Å²) in [6.07, 6.45) is 4.74. The standard InChI is InChI=1S/C14H24N2O4S/c1-3-5-11-16(10(8-21-11)12(17)18)13(19)15-9-14(20-2)6-4-7-14/h10-11H,3-9H2,1-2H3,(H,15,19)(H,17,18). The number of carbonyl (C=O) groups is 2. The van der Waals surface area contributed by atoms with Crippen LogP contribution in [0.4, 0.5) is 4.79 Å². The van der Waals surface area contributed by atoms with E-state index < -0.39 is 12.0 Å². The monoisotopic (exact) mass is 316 g/mol. The molecule has 7 heteroatoms. The number of aliphatic carboxylic acids is 1. The molecule has 120 valence electrons. The molecule has 2 aliphatic rings. The van der Waals surface area contributed by atoms with Gasteiger partial charge in [0.2, 0.25) is 0 Å². The van der Waals surface area contributed by atoms with E-state index in [2.05, 4.69) is 5.32 Å². The Morgan fingerprint density at radius 1 is 1.48 bits per heavy atom. The third-order valence-electron chi connectivity index (χ3n) is 4.41. The second-order valence-electron chi connectivity index (χ2n) is 5.74. The van der Waals surface area contributed by atoms with Gasteiger partial charge in [-0.25, -0.2) is 9.59 Å². The number of nitrogens with zero attached hydrogens (tertiary/aromatic N) is 1. The van der Waals surface area contributed by atoms with Crippen molar-refractivity contribution in [3.05, 3.63) is 0 Å². The molecule has 2 fully saturated rings. The fourth-order valence-corrected chi connectivity index (χ4v) is 4.36. The smallest absolute Gasteiger partial charge is 0.327 e. The van der Waals surface area contributed by atoms with Gasteiger partial charge < -0.3 is 15.2 Å². The first-order valence-corrected chi connectivity index (χ1v) is 8.53. The Labute approximate surface area is 129 Å². The van der Waals surface area contributed by atoms with E-state index in [-0.39, 0.29) is 17.0 Å². The van der Waals surface area contributed by atoms with Crippen LogP contribution in [0.5, 0.6) is 0 Å². The van der Waals surface area contributed by atoms with Crippen molar-refractivity contribution >= 4 is 23.8 Å². The van der Waals surface area contributed by atoms with Crippen molar-refractivity contribution in [2.45, 2.75) is 56.0 Å². The van der Waals surface area contributed by atoms with Crippen molar-refractivity contribution in [3.8, 4) is 0 Å². The molecule has 2 unspecified atom stereocenters. The number of carboxylic acid groups (broad SMARTS) is 1. The molecule has 0 aromatic heterocycles. The number of carboxylic acids is 1. The highest BCUT2D eigenvalue weighted by Gasteiger charge is 2.43. The van der Waals surface area contributed by atoms with Crippen molar-refractivity contribution in [1.29, 1.82) is 0 Å². The van der Waals surface area contributed by atoms with Crippen molar-refractivity contribution in [3.63, 3.8) is 0 Å². The molecular formula is C14H24N2O4S. The molecule has 1 aliphatic heterocycles. The van der Waals surface area contributed by atoms with Gasteiger partial charge in [-0.15, -0.1) is 11.8 Å². The zero-order chi connectivity index (χ0) is 15.5. The Morgan fingerprint density at radius 2 is 2.19 bits per heavy atom. The molecule has 2 N–H and O–H groups in total. The van der Waals surface area contributed by atoms with Crippen LogP contribution in [0.2, 0.25) is 0 Å². The lowest BCUT2D eigenvalue weighted by Gasteiger charge is -2.41. The third-order valence-corrected chi connectivity index (χ3v) is 5.76. The largest absolute Gasteiger partial charge is 0.480 e. The topological polar surface area (TPSA) is 78.9 Å². The fraction of sp³-hybridized carbons (Fsp3) is 0.857. The van der Waals surface area contributed by atoms with Crippen LogP contribution in [0.3, 0.4) is 0 Å². The van der Waals surface area contributed by atoms with Crippen LogP contribution in [0.25, 0.3) is 0 Å². The lowest BCUT2D eigenvalue weighted by Crippen LogP contribution is -2.55. The number of hydrogen-bond donors (Lipinski definition) is 2. The van der Waals surface area contributed by atoms with Gasteiger partial charge in [-0.2, -0.15) is 0 Å². The van der Waals surface area contributed by atoms with Crippen LogP contribution < -0.4 is 5.32 Å². The van der Waals surface area contributed by atoms with Crippen LogP contribution in [0.1, 0.15) is 39.0 Å². The quantitative estimate of drug-likeness (QED) is 0.782. The molecule has 2 rings (SSSR count). The maximum Gasteiger partial charge on any atom is 0.327 e. The Morgan fingerprint density at radius 3 is 2.67 bits per heavy atom. The molecule has 1 saturated heterocycles. The number of rotatable bonds is 6. The maximum absolute atomic E-state index is 12.4. The molecule has 21 heavy (non-hydrogen) atoms. The van der Waals surface area contributed by atoms with E-state index in [1.165, 1.54) is 4.90 Å². The summed E-state index contributed by atoms with van der Waals surface area (Å²) in [5.41, 5.74) is -0.249. The first-order valence-electron chi connectivity index (χ1n) is 7.49. The summed E-state index contributed by atoms with van der Waals surface area (Å²) >= 11 is 1.55. The van der Waals surface area contributed by atoms with E-state index in [4.69, 9.17) is 4.74 Å². The first kappa shape index (κ1) is 16.4. The third kappa shape index (κ3) is 3.45. The van der Waals surface area contributed by atoms with E-state index in [0.717, 1.165) is 32.1 Å². The first-order chi connectivity index (χ1) is 10.0. The van der Waals surface area contributed by atoms with Crippen molar-refractivity contribution < 1.29 is 19.4 Å². The van der Waals surface area contributed by atoms with E-state index in [1.807, 2.05) is 6.92 Å². The van der Waals surface area contributed by atoms with Gasteiger partial charge in [0.05, 0.1) is 11.0 Å². The highest BCUT2D eigenvalue weighted by Crippen LogP contribution is 2.35. The van der Waals surface area contributed by atoms with Gasteiger partial charge in [-0.3, -0.25) is 4.90 Å². The Hall–Kier alpha value is -0.950. The van der Waals surface area contributed by atoms with Crippen LogP contribution in [0.15, 0.2) is 0 Å². The molecule has 1 saturated carbocycles. The summed E-state index contributed by atoms with van der Waals surface area (Å²) in [6.45, 7) is 2.49. The van der Waals surface area contributed by atoms with Crippen LogP contribution in [-0.2, 0) is 9.53 Å². The van der Waals surface area contributed by atoms with Crippen molar-refractivity contribution in [2.75, 3.05) is 19.4 Å². The predicted octanol–water partition coefficient (Wildman–Crippen LogP) is 1.89. The zero-order valence-electron chi connectivity index (χ0n) is 12.6. The van der Waals surface area contributed by atoms with Gasteiger partial charge in [0.1, 0.15) is 6.04 Å². The van der Waals surface area contributed by atoms with Gasteiger partial charge >= 0.3 is 12.0 Å². The number of amides is 2. The average Bonchev–Trinajstić information content (AvgIpc) is 2.82. The lowest BCUT2D eigenvalue weighted by atomic mass is 9.80. The lowest BCUT2D eigenvalue weighted by molar-refractivity contribution is -0.141. The number of urea groups is 1. The molecule has 0 aromatic carbocycles. The Kier molecular flexibility index (Phi) is 5.37. The normalized spacial score (nSPS) is 27.2. The van der Waals surface area contributed by atoms with E-state index >= 15 is 0 Å². The summed E-state index contributed by atoms with van der Waals surface area (Å²) in [7, 11) is 1.66. The van der Waals surface area contributed by atoms with Gasteiger partial charge in [0.25, 0.3) is 0 Å². The Balaban J connectivity index is 1.97. The minimum absolute atomic E-state index is 0.0454. The SMILES string of the molecule is CCCC1SCC(C(=O)O)N1C(=O)NCC1(OC)CCC1. The van der Waals surface area contributed by atoms with Crippen LogP contribution >= 0.6 is 11.8 Å². The molecule has 1 aliphatic carbocycles. The van der Waals surface area contributed by atoms with E-state index in [0.29, 0.717) is 12.3 Å². The summed E-state index contributed by atoms with van der Waals surface area (Å²) in [5.74, 6) is -0.468. The zero-order valence-corrected chi connectivity index (χ0v) is 13.4. The minimum atomic E-state index is -0.929. The van der Waals surface area contributed by atoms with Crippen molar-refractivity contribution in [2.24, 2.45) is 0 Å². The van der Waals surface area contributed by atoms with Gasteiger partial charge in [-0.1, -0.05) is 13.3 Å². The molecule has 1 heterocycles. The number of thioether (sulfide) groups is 1. The van der Waals surface area contributed by atoms with Gasteiger partial charge in [0, 0.05) is 19.4 Å². The number of methoxy groups -OCH3 is 1. The average molecular weight is 316 g/mol. The highest BCUT2D eigenvalue weighted by molar-refractivity contribution is 8.00. The molecule has 6 nitrogen and oxygen atoms in total. The van der Waals surface area contributed by atoms with E-state index in [1.54, 1.807) is 18.9 Å². The molecule has 0 spiro atoms. The van der Waals surface area contributed by atoms with Gasteiger partial charge in [-0.05, 0) is 25.7 Å². The van der Waals surface area contributed by atoms with Crippen LogP contribution in [0, 0.1) is 0 Å². The number of nitrogens with one attached hydrogen (secondary N) is 1. The molecule has 0 radical (unpaired) electrons. The summed E-state index contributed by atoms with van der Waals surface area (Å²) < 4.78 is 5.48. The Bertz CT molecular complexity index is 395. The van der Waals surface area contributed by atoms with E-state index in [9.17, 15) is 14.7 Å². The summed E-state index contributed by atoms with van der Waals surface area (Å²) in [6, 6.07) is -1.01. The molecule has 0 aromatic rings. The minimum Gasteiger partial charge on any atom is -0.480 e. The number of carbonyl (C=O) groups excluding carboxylic acids is 1. The molecule has 2 atom stereocenters. The molecule has 0 bridgehead atoms. The molecule has 2 amide bonds. The number of hydrogen-bond acceptors (Lipinski definition) is 4. The summed E-state index contributed by atoms with van der Waals surface area (Å²) in [4.78, 5) is 25.3. The fourth-order valence-electron chi connectivity index (χ4n) is 2.85. The van der Waals surface area contributed by atoms with Crippen LogP contribution in [-0.4, -0.2) is 58.4 Å². The maximum atomic E-state index is 12.4. The van der Waals surface area contributed by atoms with Gasteiger partial charge in [0.15, 0.2) is 0 Å². The second kappa shape index (κ2) is 6.87. The highest BCUT2D eigenvalue weighted by atomic mass is 32.2. The summed E-state index contributed by atoms with van der Waals surface area (Å²) in [5, 5.41) is 12.1. The molecular weight excluding hydrogens is 292 g/mol.